The fourth-order valence-corrected chi connectivity index (χ4v) is 5.07. The number of nitrogens with zero attached hydrogens (tertiary/aromatic N) is 2. The number of hydrogen-bond acceptors (Lipinski definition) is 5. The van der Waals surface area contributed by atoms with Gasteiger partial charge in [-0.15, -0.1) is 0 Å². The van der Waals surface area contributed by atoms with Gasteiger partial charge in [-0.1, -0.05) is 29.8 Å². The summed E-state index contributed by atoms with van der Waals surface area (Å²) in [5.74, 6) is 0.449. The highest BCUT2D eigenvalue weighted by Crippen LogP contribution is 2.41. The number of esters is 1. The third kappa shape index (κ3) is 5.09. The number of pyridine rings is 1. The first-order valence-electron chi connectivity index (χ1n) is 12.4. The van der Waals surface area contributed by atoms with Gasteiger partial charge in [0.2, 0.25) is 0 Å². The molecule has 3 heterocycles. The van der Waals surface area contributed by atoms with Gasteiger partial charge in [0.15, 0.2) is 6.10 Å². The summed E-state index contributed by atoms with van der Waals surface area (Å²) >= 11 is 6.28. The molecule has 4 aromatic rings. The Balaban J connectivity index is 1.80. The molecule has 0 spiro atoms. The molecular formula is C30H31ClN2O4. The third-order valence-corrected chi connectivity index (χ3v) is 6.68. The molecule has 0 aliphatic carbocycles. The number of benzene rings is 2. The van der Waals surface area contributed by atoms with E-state index >= 15 is 0 Å². The number of aryl methyl sites for hydroxylation is 2. The summed E-state index contributed by atoms with van der Waals surface area (Å²) in [5, 5.41) is 0.644. The van der Waals surface area contributed by atoms with Crippen molar-refractivity contribution in [2.75, 3.05) is 13.7 Å². The minimum Gasteiger partial charge on any atom is -0.493 e. The SMILES string of the molecule is COC(=O)[C@@H](OC(C)(C)C)c1c(C)cn2cc(-c3cccc(Cl)c3)nc2c1-c1ccc2c(c1)CCCO2. The maximum atomic E-state index is 13.1. The summed E-state index contributed by atoms with van der Waals surface area (Å²) in [5.41, 5.74) is 6.40. The quantitative estimate of drug-likeness (QED) is 0.266. The molecule has 1 aliphatic rings. The molecule has 2 aromatic heterocycles. The van der Waals surface area contributed by atoms with Crippen LogP contribution in [-0.2, 0) is 20.7 Å². The van der Waals surface area contributed by atoms with E-state index in [9.17, 15) is 4.79 Å². The molecule has 0 N–H and O–H groups in total. The lowest BCUT2D eigenvalue weighted by molar-refractivity contribution is -0.164. The van der Waals surface area contributed by atoms with E-state index in [0.717, 1.165) is 69.9 Å². The molecule has 0 radical (unpaired) electrons. The van der Waals surface area contributed by atoms with Gasteiger partial charge >= 0.3 is 5.97 Å². The van der Waals surface area contributed by atoms with Crippen LogP contribution < -0.4 is 4.74 Å². The number of carbonyl (C=O) groups is 1. The lowest BCUT2D eigenvalue weighted by Gasteiger charge is -2.29. The zero-order chi connectivity index (χ0) is 26.3. The summed E-state index contributed by atoms with van der Waals surface area (Å²) in [4.78, 5) is 18.2. The predicted octanol–water partition coefficient (Wildman–Crippen LogP) is 6.98. The molecule has 0 saturated heterocycles. The highest BCUT2D eigenvalue weighted by molar-refractivity contribution is 6.30. The number of hydrogen-bond donors (Lipinski definition) is 0. The van der Waals surface area contributed by atoms with E-state index in [0.29, 0.717) is 5.02 Å². The number of halogens is 1. The van der Waals surface area contributed by atoms with Gasteiger partial charge in [-0.05, 0) is 81.5 Å². The normalized spacial score (nSPS) is 14.2. The van der Waals surface area contributed by atoms with Crippen LogP contribution in [0.15, 0.2) is 54.9 Å². The van der Waals surface area contributed by atoms with Crippen LogP contribution in [0.2, 0.25) is 5.02 Å². The van der Waals surface area contributed by atoms with E-state index in [1.165, 1.54) is 7.11 Å². The maximum Gasteiger partial charge on any atom is 0.339 e. The van der Waals surface area contributed by atoms with Crippen LogP contribution in [0.4, 0.5) is 0 Å². The topological polar surface area (TPSA) is 62.1 Å². The van der Waals surface area contributed by atoms with Gasteiger partial charge in [-0.25, -0.2) is 9.78 Å². The molecule has 0 bridgehead atoms. The second-order valence-corrected chi connectivity index (χ2v) is 10.8. The summed E-state index contributed by atoms with van der Waals surface area (Å²) in [6, 6.07) is 13.8. The fraction of sp³-hybridized carbons (Fsp3) is 0.333. The standard InChI is InChI=1S/C30H31ClN2O4/c1-18-16-33-17-23(19-8-6-10-22(31)15-19)32-28(33)26(21-11-12-24-20(14-21)9-7-13-36-24)25(18)27(29(34)35-5)37-30(2,3)4/h6,8,10-12,14-17,27H,7,9,13H2,1-5H3/t27-/m0/s1. The zero-order valence-corrected chi connectivity index (χ0v) is 22.6. The molecule has 37 heavy (non-hydrogen) atoms. The van der Waals surface area contributed by atoms with Crippen molar-refractivity contribution < 1.29 is 19.0 Å². The van der Waals surface area contributed by atoms with Crippen molar-refractivity contribution >= 4 is 23.2 Å². The van der Waals surface area contributed by atoms with Crippen LogP contribution in [0.1, 0.15) is 50.0 Å². The number of ether oxygens (including phenoxy) is 3. The molecule has 1 aliphatic heterocycles. The van der Waals surface area contributed by atoms with Crippen LogP contribution in [0.3, 0.4) is 0 Å². The van der Waals surface area contributed by atoms with Gasteiger partial charge in [0.05, 0.1) is 25.0 Å². The molecule has 0 saturated carbocycles. The van der Waals surface area contributed by atoms with Gasteiger partial charge in [-0.2, -0.15) is 0 Å². The minimum absolute atomic E-state index is 0.452. The fourth-order valence-electron chi connectivity index (χ4n) is 4.88. The third-order valence-electron chi connectivity index (χ3n) is 6.45. The Bertz CT molecular complexity index is 1490. The van der Waals surface area contributed by atoms with E-state index in [1.807, 2.05) is 80.9 Å². The van der Waals surface area contributed by atoms with Crippen LogP contribution in [0, 0.1) is 6.92 Å². The Kier molecular flexibility index (Phi) is 6.73. The molecule has 0 unspecified atom stereocenters. The van der Waals surface area contributed by atoms with E-state index in [1.54, 1.807) is 0 Å². The molecular weight excluding hydrogens is 488 g/mol. The van der Waals surface area contributed by atoms with E-state index in [4.69, 9.17) is 30.8 Å². The number of carbonyl (C=O) groups excluding carboxylic acids is 1. The number of aromatic nitrogens is 2. The van der Waals surface area contributed by atoms with Crippen molar-refractivity contribution in [3.63, 3.8) is 0 Å². The van der Waals surface area contributed by atoms with Crippen molar-refractivity contribution in [3.05, 3.63) is 76.6 Å². The van der Waals surface area contributed by atoms with Crippen molar-refractivity contribution in [2.24, 2.45) is 0 Å². The van der Waals surface area contributed by atoms with Crippen LogP contribution in [0.5, 0.6) is 5.75 Å². The smallest absolute Gasteiger partial charge is 0.339 e. The Morgan fingerprint density at radius 3 is 2.68 bits per heavy atom. The highest BCUT2D eigenvalue weighted by Gasteiger charge is 2.33. The molecule has 2 aromatic carbocycles. The Labute approximate surface area is 222 Å². The minimum atomic E-state index is -0.927. The Hall–Kier alpha value is -3.35. The van der Waals surface area contributed by atoms with Crippen molar-refractivity contribution in [2.45, 2.75) is 52.2 Å². The molecule has 0 amide bonds. The first-order valence-corrected chi connectivity index (χ1v) is 12.8. The van der Waals surface area contributed by atoms with E-state index < -0.39 is 17.7 Å². The lowest BCUT2D eigenvalue weighted by Crippen LogP contribution is -2.29. The largest absolute Gasteiger partial charge is 0.493 e. The zero-order valence-electron chi connectivity index (χ0n) is 21.8. The van der Waals surface area contributed by atoms with Crippen LogP contribution in [-0.4, -0.2) is 34.7 Å². The number of fused-ring (bicyclic) bond motifs is 2. The monoisotopic (exact) mass is 518 g/mol. The molecule has 0 fully saturated rings. The number of imidazole rings is 1. The molecule has 5 rings (SSSR count). The lowest BCUT2D eigenvalue weighted by atomic mass is 9.91. The summed E-state index contributed by atoms with van der Waals surface area (Å²) in [6.07, 6.45) is 4.94. The van der Waals surface area contributed by atoms with Crippen LogP contribution in [0.25, 0.3) is 28.0 Å². The van der Waals surface area contributed by atoms with Crippen molar-refractivity contribution in [1.29, 1.82) is 0 Å². The maximum absolute atomic E-state index is 13.1. The van der Waals surface area contributed by atoms with Gasteiger partial charge in [0.1, 0.15) is 11.4 Å². The number of rotatable bonds is 5. The summed E-state index contributed by atoms with van der Waals surface area (Å²) < 4.78 is 19.4. The summed E-state index contributed by atoms with van der Waals surface area (Å²) in [6.45, 7) is 8.50. The molecule has 192 valence electrons. The average molecular weight is 519 g/mol. The highest BCUT2D eigenvalue weighted by atomic mass is 35.5. The molecule has 7 heteroatoms. The molecule has 6 nitrogen and oxygen atoms in total. The van der Waals surface area contributed by atoms with Gasteiger partial charge < -0.3 is 18.6 Å². The molecule has 1 atom stereocenters. The Morgan fingerprint density at radius 2 is 1.95 bits per heavy atom. The van der Waals surface area contributed by atoms with Gasteiger partial charge in [0, 0.05) is 34.1 Å². The second kappa shape index (κ2) is 9.84. The van der Waals surface area contributed by atoms with E-state index in [2.05, 4.69) is 6.07 Å². The second-order valence-electron chi connectivity index (χ2n) is 10.4. The predicted molar refractivity (Wildman–Crippen MR) is 145 cm³/mol. The number of methoxy groups -OCH3 is 1. The van der Waals surface area contributed by atoms with Crippen LogP contribution >= 0.6 is 11.6 Å². The first kappa shape index (κ1) is 25.3. The van der Waals surface area contributed by atoms with Crippen molar-refractivity contribution in [1.82, 2.24) is 9.38 Å². The average Bonchev–Trinajstić information content (AvgIpc) is 3.29. The van der Waals surface area contributed by atoms with E-state index in [-0.39, 0.29) is 0 Å². The first-order chi connectivity index (χ1) is 17.6. The van der Waals surface area contributed by atoms with Crippen molar-refractivity contribution in [3.8, 4) is 28.1 Å². The summed E-state index contributed by atoms with van der Waals surface area (Å²) in [7, 11) is 1.39. The van der Waals surface area contributed by atoms with Gasteiger partial charge in [0.25, 0.3) is 0 Å². The Morgan fingerprint density at radius 1 is 1.14 bits per heavy atom. The van der Waals surface area contributed by atoms with Gasteiger partial charge in [-0.3, -0.25) is 0 Å².